The van der Waals surface area contributed by atoms with E-state index in [9.17, 15) is 8.42 Å². The van der Waals surface area contributed by atoms with Crippen LogP contribution in [0.15, 0.2) is 40.6 Å². The van der Waals surface area contributed by atoms with Crippen LogP contribution in [0.1, 0.15) is 26.3 Å². The van der Waals surface area contributed by atoms with Gasteiger partial charge in [-0.3, -0.25) is 9.80 Å². The van der Waals surface area contributed by atoms with Crippen LogP contribution in [0, 0.1) is 0 Å². The number of sulfone groups is 1. The Bertz CT molecular complexity index is 818. The molecule has 1 aliphatic heterocycles. The molecule has 0 N–H and O–H groups in total. The van der Waals surface area contributed by atoms with Crippen LogP contribution < -0.4 is 0 Å². The van der Waals surface area contributed by atoms with E-state index in [1.54, 1.807) is 13.0 Å². The van der Waals surface area contributed by atoms with Crippen LogP contribution in [0.25, 0.3) is 10.4 Å². The van der Waals surface area contributed by atoms with Crippen LogP contribution >= 0.6 is 11.3 Å². The van der Waals surface area contributed by atoms with E-state index in [1.165, 1.54) is 16.9 Å². The van der Waals surface area contributed by atoms with Gasteiger partial charge in [0, 0.05) is 43.6 Å². The summed E-state index contributed by atoms with van der Waals surface area (Å²) in [6.07, 6.45) is 0. The molecule has 1 saturated heterocycles. The summed E-state index contributed by atoms with van der Waals surface area (Å²) in [5, 5.41) is 0. The average Bonchev–Trinajstić information content (AvgIpc) is 3.14. The first-order valence-corrected chi connectivity index (χ1v) is 11.7. The summed E-state index contributed by atoms with van der Waals surface area (Å²) in [5.41, 5.74) is 2.39. The van der Waals surface area contributed by atoms with Crippen molar-refractivity contribution in [1.29, 1.82) is 0 Å². The van der Waals surface area contributed by atoms with Crippen LogP contribution in [0.4, 0.5) is 0 Å². The zero-order valence-electron chi connectivity index (χ0n) is 15.8. The number of hydrogen-bond donors (Lipinski definition) is 0. The molecule has 3 rings (SSSR count). The predicted molar refractivity (Wildman–Crippen MR) is 109 cm³/mol. The fraction of sp³-hybridized carbons (Fsp3) is 0.500. The average molecular weight is 393 g/mol. The van der Waals surface area contributed by atoms with E-state index in [1.807, 2.05) is 6.07 Å². The second-order valence-electron chi connectivity index (χ2n) is 7.12. The van der Waals surface area contributed by atoms with Gasteiger partial charge in [0.2, 0.25) is 0 Å². The molecule has 1 aromatic carbocycles. The SMILES string of the molecule is CCS(=O)(=O)c1ccc(-c2ccc(CN3CCN(C(C)C)CC3)cc2)s1. The van der Waals surface area contributed by atoms with Crippen molar-refractivity contribution < 1.29 is 8.42 Å². The van der Waals surface area contributed by atoms with E-state index in [2.05, 4.69) is 47.9 Å². The molecule has 1 fully saturated rings. The van der Waals surface area contributed by atoms with Gasteiger partial charge >= 0.3 is 0 Å². The highest BCUT2D eigenvalue weighted by molar-refractivity contribution is 7.93. The van der Waals surface area contributed by atoms with Crippen LogP contribution in [0.3, 0.4) is 0 Å². The largest absolute Gasteiger partial charge is 0.298 e. The molecule has 0 bridgehead atoms. The molecule has 0 unspecified atom stereocenters. The smallest absolute Gasteiger partial charge is 0.187 e. The number of piperazine rings is 1. The lowest BCUT2D eigenvalue weighted by Crippen LogP contribution is -2.48. The van der Waals surface area contributed by atoms with Gasteiger partial charge in [-0.15, -0.1) is 11.3 Å². The Balaban J connectivity index is 1.63. The minimum atomic E-state index is -3.12. The number of hydrogen-bond acceptors (Lipinski definition) is 5. The van der Waals surface area contributed by atoms with Crippen molar-refractivity contribution >= 4 is 21.2 Å². The Morgan fingerprint density at radius 3 is 2.23 bits per heavy atom. The normalized spacial score (nSPS) is 17.1. The summed E-state index contributed by atoms with van der Waals surface area (Å²) in [6, 6.07) is 12.8. The van der Waals surface area contributed by atoms with Gasteiger partial charge in [-0.05, 0) is 37.1 Å². The van der Waals surface area contributed by atoms with E-state index in [4.69, 9.17) is 0 Å². The quantitative estimate of drug-likeness (QED) is 0.751. The summed E-state index contributed by atoms with van der Waals surface area (Å²) >= 11 is 1.36. The summed E-state index contributed by atoms with van der Waals surface area (Å²) in [4.78, 5) is 6.04. The van der Waals surface area contributed by atoms with Crippen LogP contribution in [0.2, 0.25) is 0 Å². The lowest BCUT2D eigenvalue weighted by molar-refractivity contribution is 0.104. The molecule has 142 valence electrons. The van der Waals surface area contributed by atoms with Crippen LogP contribution in [0.5, 0.6) is 0 Å². The lowest BCUT2D eigenvalue weighted by atomic mass is 10.1. The van der Waals surface area contributed by atoms with Crippen molar-refractivity contribution in [1.82, 2.24) is 9.80 Å². The molecule has 0 amide bonds. The molecule has 0 atom stereocenters. The summed E-state index contributed by atoms with van der Waals surface area (Å²) < 4.78 is 24.4. The van der Waals surface area contributed by atoms with E-state index in [0.717, 1.165) is 43.2 Å². The highest BCUT2D eigenvalue weighted by Gasteiger charge is 2.19. The molecule has 0 spiro atoms. The Kier molecular flexibility index (Phi) is 6.17. The van der Waals surface area contributed by atoms with Gasteiger partial charge in [-0.2, -0.15) is 0 Å². The summed E-state index contributed by atoms with van der Waals surface area (Å²) in [6.45, 7) is 11.7. The Hall–Kier alpha value is -1.21. The molecule has 2 aromatic rings. The Labute approximate surface area is 161 Å². The zero-order chi connectivity index (χ0) is 18.7. The van der Waals surface area contributed by atoms with Crippen molar-refractivity contribution in [3.05, 3.63) is 42.0 Å². The minimum absolute atomic E-state index is 0.149. The van der Waals surface area contributed by atoms with Crippen molar-refractivity contribution in [3.63, 3.8) is 0 Å². The van der Waals surface area contributed by atoms with E-state index >= 15 is 0 Å². The van der Waals surface area contributed by atoms with Crippen molar-refractivity contribution in [2.75, 3.05) is 31.9 Å². The number of nitrogens with zero attached hydrogens (tertiary/aromatic N) is 2. The molecule has 2 heterocycles. The highest BCUT2D eigenvalue weighted by Crippen LogP contribution is 2.31. The van der Waals surface area contributed by atoms with E-state index in [0.29, 0.717) is 10.3 Å². The topological polar surface area (TPSA) is 40.6 Å². The number of thiophene rings is 1. The first kappa shape index (κ1) is 19.5. The second-order valence-corrected chi connectivity index (χ2v) is 10.7. The fourth-order valence-corrected chi connectivity index (χ4v) is 5.69. The maximum atomic E-state index is 12.0. The standard InChI is InChI=1S/C20H28N2O2S2/c1-4-26(23,24)20-10-9-19(25-20)18-7-5-17(6-8-18)15-21-11-13-22(14-12-21)16(2)3/h5-10,16H,4,11-15H2,1-3H3. The molecule has 26 heavy (non-hydrogen) atoms. The van der Waals surface area contributed by atoms with Gasteiger partial charge in [0.25, 0.3) is 0 Å². The maximum absolute atomic E-state index is 12.0. The molecule has 0 saturated carbocycles. The molecule has 1 aromatic heterocycles. The molecule has 4 nitrogen and oxygen atoms in total. The summed E-state index contributed by atoms with van der Waals surface area (Å²) in [5.74, 6) is 0.149. The van der Waals surface area contributed by atoms with Gasteiger partial charge in [0.15, 0.2) is 9.84 Å². The molecule has 0 radical (unpaired) electrons. The lowest BCUT2D eigenvalue weighted by Gasteiger charge is -2.36. The third kappa shape index (κ3) is 4.55. The Morgan fingerprint density at radius 1 is 1.00 bits per heavy atom. The molecular weight excluding hydrogens is 364 g/mol. The first-order valence-electron chi connectivity index (χ1n) is 9.27. The van der Waals surface area contributed by atoms with Gasteiger partial charge < -0.3 is 0 Å². The number of rotatable bonds is 6. The zero-order valence-corrected chi connectivity index (χ0v) is 17.4. The minimum Gasteiger partial charge on any atom is -0.298 e. The maximum Gasteiger partial charge on any atom is 0.187 e. The monoisotopic (exact) mass is 392 g/mol. The summed E-state index contributed by atoms with van der Waals surface area (Å²) in [7, 11) is -3.12. The van der Waals surface area contributed by atoms with Gasteiger partial charge in [-0.1, -0.05) is 31.2 Å². The van der Waals surface area contributed by atoms with E-state index < -0.39 is 9.84 Å². The van der Waals surface area contributed by atoms with Gasteiger partial charge in [-0.25, -0.2) is 8.42 Å². The second kappa shape index (κ2) is 8.21. The molecule has 6 heteroatoms. The third-order valence-corrected chi connectivity index (χ3v) is 8.50. The third-order valence-electron chi connectivity index (χ3n) is 5.05. The Morgan fingerprint density at radius 2 is 1.65 bits per heavy atom. The van der Waals surface area contributed by atoms with Gasteiger partial charge in [0.05, 0.1) is 5.75 Å². The molecule has 0 aliphatic carbocycles. The van der Waals surface area contributed by atoms with Crippen molar-refractivity contribution in [2.24, 2.45) is 0 Å². The van der Waals surface area contributed by atoms with Crippen molar-refractivity contribution in [3.8, 4) is 10.4 Å². The van der Waals surface area contributed by atoms with Crippen LogP contribution in [-0.2, 0) is 16.4 Å². The van der Waals surface area contributed by atoms with E-state index in [-0.39, 0.29) is 5.75 Å². The highest BCUT2D eigenvalue weighted by atomic mass is 32.2. The fourth-order valence-electron chi connectivity index (χ4n) is 3.26. The van der Waals surface area contributed by atoms with Crippen molar-refractivity contribution in [2.45, 2.75) is 37.6 Å². The molecule has 1 aliphatic rings. The van der Waals surface area contributed by atoms with Crippen LogP contribution in [-0.4, -0.2) is 56.2 Å². The van der Waals surface area contributed by atoms with Gasteiger partial charge in [0.1, 0.15) is 4.21 Å². The predicted octanol–water partition coefficient (Wildman–Crippen LogP) is 3.73. The number of benzene rings is 1. The molecular formula is C20H28N2O2S2. The first-order chi connectivity index (χ1) is 12.4.